The zero-order valence-electron chi connectivity index (χ0n) is 18.5. The molecule has 1 aliphatic rings. The number of methoxy groups -OCH3 is 1. The van der Waals surface area contributed by atoms with Crippen LogP contribution in [0.5, 0.6) is 0 Å². The highest BCUT2D eigenvalue weighted by Gasteiger charge is 2.64. The molecule has 7 nitrogen and oxygen atoms in total. The number of ether oxygens (including phenoxy) is 1. The minimum atomic E-state index is -4.32. The Bertz CT molecular complexity index is 1280. The molecule has 3 aromatic rings. The standard InChI is InChI=1S/C25H24N2O5S/c1-18-14-16-21(17-15-18)33(30,31)27-22(19-10-6-4-7-11-19)25(2,23(28)32-3)26(24(27)29)20-12-8-5-9-13-20/h4-17,22H,1-3H3. The number of nitrogens with zero attached hydrogens (tertiary/aromatic N) is 2. The Labute approximate surface area is 193 Å². The maximum atomic E-state index is 13.9. The molecular weight excluding hydrogens is 440 g/mol. The third kappa shape index (κ3) is 3.56. The molecule has 0 saturated carbocycles. The average Bonchev–Trinajstić information content (AvgIpc) is 3.08. The molecule has 0 bridgehead atoms. The molecule has 0 spiro atoms. The third-order valence-electron chi connectivity index (χ3n) is 5.92. The summed E-state index contributed by atoms with van der Waals surface area (Å²) in [6.07, 6.45) is 0. The van der Waals surface area contributed by atoms with Crippen LogP contribution in [0.1, 0.15) is 24.1 Å². The van der Waals surface area contributed by atoms with Crippen molar-refractivity contribution in [1.82, 2.24) is 4.31 Å². The Kier molecular flexibility index (Phi) is 5.71. The van der Waals surface area contributed by atoms with Gasteiger partial charge >= 0.3 is 12.0 Å². The molecule has 1 fully saturated rings. The van der Waals surface area contributed by atoms with Crippen LogP contribution in [0.4, 0.5) is 10.5 Å². The van der Waals surface area contributed by atoms with E-state index in [0.29, 0.717) is 11.3 Å². The number of para-hydroxylation sites is 1. The van der Waals surface area contributed by atoms with Gasteiger partial charge in [-0.3, -0.25) is 4.90 Å². The van der Waals surface area contributed by atoms with Crippen LogP contribution in [-0.2, 0) is 19.6 Å². The van der Waals surface area contributed by atoms with Crippen molar-refractivity contribution in [2.45, 2.75) is 30.3 Å². The molecule has 2 atom stereocenters. The topological polar surface area (TPSA) is 84.0 Å². The van der Waals surface area contributed by atoms with Crippen LogP contribution >= 0.6 is 0 Å². The zero-order valence-corrected chi connectivity index (χ0v) is 19.3. The number of carbonyl (C=O) groups is 2. The van der Waals surface area contributed by atoms with Crippen molar-refractivity contribution in [2.24, 2.45) is 0 Å². The Hall–Kier alpha value is -3.65. The van der Waals surface area contributed by atoms with Crippen molar-refractivity contribution >= 4 is 27.7 Å². The molecule has 0 radical (unpaired) electrons. The molecule has 0 N–H and O–H groups in total. The van der Waals surface area contributed by atoms with E-state index < -0.39 is 33.6 Å². The van der Waals surface area contributed by atoms with Crippen LogP contribution in [0.2, 0.25) is 0 Å². The van der Waals surface area contributed by atoms with Crippen LogP contribution in [0, 0.1) is 6.92 Å². The molecule has 170 valence electrons. The summed E-state index contributed by atoms with van der Waals surface area (Å²) in [5, 5.41) is 0. The van der Waals surface area contributed by atoms with Gasteiger partial charge in [0.25, 0.3) is 10.0 Å². The lowest BCUT2D eigenvalue weighted by Gasteiger charge is -2.35. The maximum absolute atomic E-state index is 13.9. The predicted octanol–water partition coefficient (Wildman–Crippen LogP) is 4.30. The molecule has 1 saturated heterocycles. The number of amides is 2. The fourth-order valence-corrected chi connectivity index (χ4v) is 5.88. The van der Waals surface area contributed by atoms with Crippen LogP contribution in [-0.4, -0.2) is 37.4 Å². The Balaban J connectivity index is 2.01. The normalized spacial score (nSPS) is 20.7. The lowest BCUT2D eigenvalue weighted by molar-refractivity contribution is -0.147. The largest absolute Gasteiger partial charge is 0.467 e. The van der Waals surface area contributed by atoms with Gasteiger partial charge in [0.05, 0.1) is 12.0 Å². The first-order valence-electron chi connectivity index (χ1n) is 10.4. The quantitative estimate of drug-likeness (QED) is 0.526. The zero-order chi connectivity index (χ0) is 23.8. The number of esters is 1. The average molecular weight is 465 g/mol. The van der Waals surface area contributed by atoms with E-state index in [0.717, 1.165) is 9.87 Å². The molecule has 0 aromatic heterocycles. The highest BCUT2D eigenvalue weighted by Crippen LogP contribution is 2.48. The third-order valence-corrected chi connectivity index (χ3v) is 7.67. The van der Waals surface area contributed by atoms with Gasteiger partial charge in [0, 0.05) is 5.69 Å². The Morgan fingerprint density at radius 3 is 2.00 bits per heavy atom. The number of hydrogen-bond acceptors (Lipinski definition) is 5. The maximum Gasteiger partial charge on any atom is 0.340 e. The molecule has 1 aliphatic heterocycles. The predicted molar refractivity (Wildman–Crippen MR) is 124 cm³/mol. The van der Waals surface area contributed by atoms with Gasteiger partial charge < -0.3 is 4.74 Å². The monoisotopic (exact) mass is 464 g/mol. The van der Waals surface area contributed by atoms with E-state index in [1.165, 1.54) is 31.1 Å². The summed E-state index contributed by atoms with van der Waals surface area (Å²) in [7, 11) is -3.10. The van der Waals surface area contributed by atoms with Crippen LogP contribution in [0.15, 0.2) is 89.8 Å². The number of benzene rings is 3. The van der Waals surface area contributed by atoms with Gasteiger partial charge in [-0.25, -0.2) is 22.3 Å². The molecular formula is C25H24N2O5S. The van der Waals surface area contributed by atoms with Gasteiger partial charge in [-0.1, -0.05) is 66.2 Å². The van der Waals surface area contributed by atoms with Crippen molar-refractivity contribution < 1.29 is 22.7 Å². The second kappa shape index (κ2) is 8.37. The first-order chi connectivity index (χ1) is 15.7. The van der Waals surface area contributed by atoms with Gasteiger partial charge in [-0.2, -0.15) is 0 Å². The van der Waals surface area contributed by atoms with E-state index in [2.05, 4.69) is 0 Å². The van der Waals surface area contributed by atoms with E-state index in [1.807, 2.05) is 6.92 Å². The van der Waals surface area contributed by atoms with Crippen LogP contribution in [0.25, 0.3) is 0 Å². The number of hydrogen-bond donors (Lipinski definition) is 0. The summed E-state index contributed by atoms with van der Waals surface area (Å²) in [4.78, 5) is 28.3. The lowest BCUT2D eigenvalue weighted by atomic mass is 9.87. The molecule has 8 heteroatoms. The summed E-state index contributed by atoms with van der Waals surface area (Å²) >= 11 is 0. The highest BCUT2D eigenvalue weighted by atomic mass is 32.2. The molecule has 2 unspecified atom stereocenters. The van der Waals surface area contributed by atoms with E-state index in [4.69, 9.17) is 4.74 Å². The minimum Gasteiger partial charge on any atom is -0.467 e. The number of anilines is 1. The van der Waals surface area contributed by atoms with Gasteiger partial charge in [-0.05, 0) is 43.7 Å². The molecule has 0 aliphatic carbocycles. The lowest BCUT2D eigenvalue weighted by Crippen LogP contribution is -2.53. The van der Waals surface area contributed by atoms with Crippen molar-refractivity contribution in [1.29, 1.82) is 0 Å². The molecule has 2 amide bonds. The molecule has 1 heterocycles. The van der Waals surface area contributed by atoms with Gasteiger partial charge in [-0.15, -0.1) is 0 Å². The molecule has 33 heavy (non-hydrogen) atoms. The van der Waals surface area contributed by atoms with E-state index >= 15 is 0 Å². The van der Waals surface area contributed by atoms with Crippen LogP contribution < -0.4 is 4.90 Å². The Morgan fingerprint density at radius 1 is 0.909 bits per heavy atom. The number of urea groups is 1. The van der Waals surface area contributed by atoms with E-state index in [1.54, 1.807) is 72.8 Å². The summed E-state index contributed by atoms with van der Waals surface area (Å²) in [6.45, 7) is 3.38. The first-order valence-corrected chi connectivity index (χ1v) is 11.8. The number of sulfonamides is 1. The second-order valence-electron chi connectivity index (χ2n) is 8.02. The van der Waals surface area contributed by atoms with Crippen molar-refractivity contribution in [3.63, 3.8) is 0 Å². The van der Waals surface area contributed by atoms with Crippen molar-refractivity contribution in [3.8, 4) is 0 Å². The van der Waals surface area contributed by atoms with Gasteiger partial charge in [0.1, 0.15) is 6.04 Å². The summed E-state index contributed by atoms with van der Waals surface area (Å²) in [6, 6.07) is 21.4. The molecule has 4 rings (SSSR count). The number of carbonyl (C=O) groups excluding carboxylic acids is 2. The number of aryl methyl sites for hydroxylation is 1. The van der Waals surface area contributed by atoms with Crippen molar-refractivity contribution in [3.05, 3.63) is 96.1 Å². The summed E-state index contributed by atoms with van der Waals surface area (Å²) < 4.78 is 33.6. The molecule has 3 aromatic carbocycles. The summed E-state index contributed by atoms with van der Waals surface area (Å²) in [5.74, 6) is -0.727. The fraction of sp³-hybridized carbons (Fsp3) is 0.200. The van der Waals surface area contributed by atoms with E-state index in [9.17, 15) is 18.0 Å². The first kappa shape index (κ1) is 22.5. The SMILES string of the molecule is COC(=O)C1(C)C(c2ccccc2)N(S(=O)(=O)c2ccc(C)cc2)C(=O)N1c1ccccc1. The van der Waals surface area contributed by atoms with Gasteiger partial charge in [0.15, 0.2) is 5.54 Å². The fourth-order valence-electron chi connectivity index (χ4n) is 4.28. The van der Waals surface area contributed by atoms with Crippen molar-refractivity contribution in [2.75, 3.05) is 12.0 Å². The summed E-state index contributed by atoms with van der Waals surface area (Å²) in [5.41, 5.74) is 0.101. The van der Waals surface area contributed by atoms with Crippen LogP contribution in [0.3, 0.4) is 0 Å². The number of rotatable bonds is 5. The Morgan fingerprint density at radius 2 is 1.45 bits per heavy atom. The minimum absolute atomic E-state index is 0.0375. The second-order valence-corrected chi connectivity index (χ2v) is 9.83. The smallest absolute Gasteiger partial charge is 0.340 e. The van der Waals surface area contributed by atoms with E-state index in [-0.39, 0.29) is 4.90 Å². The highest BCUT2D eigenvalue weighted by molar-refractivity contribution is 7.89. The van der Waals surface area contributed by atoms with Gasteiger partial charge in [0.2, 0.25) is 0 Å².